The first kappa shape index (κ1) is 19.6. The van der Waals surface area contributed by atoms with Crippen LogP contribution in [0, 0.1) is 0 Å². The van der Waals surface area contributed by atoms with Crippen molar-refractivity contribution in [1.82, 2.24) is 30.4 Å². The molecule has 0 saturated heterocycles. The van der Waals surface area contributed by atoms with E-state index in [9.17, 15) is 0 Å². The van der Waals surface area contributed by atoms with Crippen molar-refractivity contribution < 1.29 is 0 Å². The first-order chi connectivity index (χ1) is 10.9. The highest BCUT2D eigenvalue weighted by Crippen LogP contribution is 2.01. The zero-order valence-corrected chi connectivity index (χ0v) is 15.3. The molecule has 8 nitrogen and oxygen atoms in total. The SMILES string of the molecule is CN(CCNCc1nc[nH]c1CNCCN(C)C(N)=S)C(N)=S. The molecular formula is C13H26N8S2. The van der Waals surface area contributed by atoms with Gasteiger partial charge in [-0.1, -0.05) is 0 Å². The van der Waals surface area contributed by atoms with E-state index in [0.29, 0.717) is 16.8 Å². The lowest BCUT2D eigenvalue weighted by molar-refractivity contribution is 0.478. The third-order valence-corrected chi connectivity index (χ3v) is 4.03. The van der Waals surface area contributed by atoms with Crippen molar-refractivity contribution in [3.05, 3.63) is 17.7 Å². The maximum absolute atomic E-state index is 5.53. The van der Waals surface area contributed by atoms with Gasteiger partial charge in [-0.25, -0.2) is 4.98 Å². The summed E-state index contributed by atoms with van der Waals surface area (Å²) in [7, 11) is 3.75. The third-order valence-electron chi connectivity index (χ3n) is 3.40. The van der Waals surface area contributed by atoms with Gasteiger partial charge >= 0.3 is 0 Å². The van der Waals surface area contributed by atoms with E-state index >= 15 is 0 Å². The van der Waals surface area contributed by atoms with Crippen LogP contribution in [-0.4, -0.2) is 70.3 Å². The Labute approximate surface area is 148 Å². The molecule has 0 aliphatic carbocycles. The van der Waals surface area contributed by atoms with Gasteiger partial charge in [0.25, 0.3) is 0 Å². The van der Waals surface area contributed by atoms with Gasteiger partial charge in [0.05, 0.1) is 17.7 Å². The average molecular weight is 359 g/mol. The molecule has 0 fully saturated rings. The summed E-state index contributed by atoms with van der Waals surface area (Å²) < 4.78 is 0. The highest BCUT2D eigenvalue weighted by atomic mass is 32.1. The Bertz CT molecular complexity index is 461. The molecule has 0 unspecified atom stereocenters. The van der Waals surface area contributed by atoms with Crippen molar-refractivity contribution in [3.63, 3.8) is 0 Å². The Morgan fingerprint density at radius 1 is 1.09 bits per heavy atom. The molecule has 0 saturated carbocycles. The number of rotatable bonds is 10. The fraction of sp³-hybridized carbons (Fsp3) is 0.615. The lowest BCUT2D eigenvalue weighted by atomic mass is 10.3. The van der Waals surface area contributed by atoms with Crippen LogP contribution in [0.2, 0.25) is 0 Å². The molecule has 0 aromatic carbocycles. The van der Waals surface area contributed by atoms with Gasteiger partial charge in [-0.05, 0) is 24.4 Å². The minimum Gasteiger partial charge on any atom is -0.376 e. The second-order valence-corrected chi connectivity index (χ2v) is 6.04. The summed E-state index contributed by atoms with van der Waals surface area (Å²) in [5, 5.41) is 7.47. The number of nitrogens with two attached hydrogens (primary N) is 2. The predicted molar refractivity (Wildman–Crippen MR) is 101 cm³/mol. The molecule has 0 amide bonds. The van der Waals surface area contributed by atoms with E-state index in [1.165, 1.54) is 0 Å². The molecule has 0 bridgehead atoms. The van der Waals surface area contributed by atoms with Gasteiger partial charge in [0.15, 0.2) is 10.2 Å². The quantitative estimate of drug-likeness (QED) is 0.264. The first-order valence-electron chi connectivity index (χ1n) is 7.35. The second kappa shape index (κ2) is 10.3. The zero-order chi connectivity index (χ0) is 17.2. The molecule has 1 aromatic rings. The Kier molecular flexibility index (Phi) is 8.77. The van der Waals surface area contributed by atoms with E-state index in [1.807, 2.05) is 23.9 Å². The fourth-order valence-electron chi connectivity index (χ4n) is 1.79. The van der Waals surface area contributed by atoms with Crippen LogP contribution in [0.1, 0.15) is 11.4 Å². The highest BCUT2D eigenvalue weighted by Gasteiger charge is 2.06. The maximum Gasteiger partial charge on any atom is 0.166 e. The van der Waals surface area contributed by atoms with Crippen LogP contribution >= 0.6 is 24.4 Å². The van der Waals surface area contributed by atoms with E-state index in [4.69, 9.17) is 35.9 Å². The summed E-state index contributed by atoms with van der Waals surface area (Å²) in [4.78, 5) is 11.1. The van der Waals surface area contributed by atoms with Crippen molar-refractivity contribution in [2.24, 2.45) is 11.5 Å². The molecular weight excluding hydrogens is 332 g/mol. The third kappa shape index (κ3) is 7.55. The molecule has 0 spiro atoms. The van der Waals surface area contributed by atoms with Gasteiger partial charge in [-0.15, -0.1) is 0 Å². The van der Waals surface area contributed by atoms with Crippen LogP contribution in [0.4, 0.5) is 0 Å². The number of hydrogen-bond donors (Lipinski definition) is 5. The Hall–Kier alpha value is -1.49. The molecule has 1 rings (SSSR count). The van der Waals surface area contributed by atoms with Crippen molar-refractivity contribution >= 4 is 34.7 Å². The monoisotopic (exact) mass is 358 g/mol. The van der Waals surface area contributed by atoms with Crippen LogP contribution in [0.25, 0.3) is 0 Å². The fourth-order valence-corrected chi connectivity index (χ4v) is 1.97. The van der Waals surface area contributed by atoms with Crippen LogP contribution in [0.5, 0.6) is 0 Å². The van der Waals surface area contributed by atoms with Crippen LogP contribution < -0.4 is 22.1 Å². The van der Waals surface area contributed by atoms with Gasteiger partial charge in [0.1, 0.15) is 0 Å². The maximum atomic E-state index is 5.53. The summed E-state index contributed by atoms with van der Waals surface area (Å²) in [5.74, 6) is 0. The van der Waals surface area contributed by atoms with Gasteiger partial charge in [-0.3, -0.25) is 0 Å². The number of imidazole rings is 1. The summed E-state index contributed by atoms with van der Waals surface area (Å²) in [6.45, 7) is 4.51. The van der Waals surface area contributed by atoms with Gasteiger partial charge in [0.2, 0.25) is 0 Å². The highest BCUT2D eigenvalue weighted by molar-refractivity contribution is 7.80. The molecule has 10 heteroatoms. The van der Waals surface area contributed by atoms with Crippen LogP contribution in [0.15, 0.2) is 6.33 Å². The minimum absolute atomic E-state index is 0.401. The molecule has 1 heterocycles. The number of hydrogen-bond acceptors (Lipinski definition) is 5. The predicted octanol–water partition coefficient (Wildman–Crippen LogP) is -1.06. The lowest BCUT2D eigenvalue weighted by Crippen LogP contribution is -2.37. The molecule has 0 radical (unpaired) electrons. The number of H-pyrrole nitrogens is 1. The summed E-state index contributed by atoms with van der Waals surface area (Å²) in [5.41, 5.74) is 13.1. The smallest absolute Gasteiger partial charge is 0.166 e. The minimum atomic E-state index is 0.401. The Balaban J connectivity index is 2.25. The normalized spacial score (nSPS) is 10.5. The number of likely N-dealkylation sites (N-methyl/N-ethyl adjacent to an activating group) is 2. The van der Waals surface area contributed by atoms with Crippen molar-refractivity contribution in [2.45, 2.75) is 13.1 Å². The van der Waals surface area contributed by atoms with E-state index in [1.54, 1.807) is 6.33 Å². The number of nitrogens with one attached hydrogen (secondary N) is 3. The molecule has 130 valence electrons. The molecule has 7 N–H and O–H groups in total. The Morgan fingerprint density at radius 3 is 2.13 bits per heavy atom. The van der Waals surface area contributed by atoms with Crippen molar-refractivity contribution in [2.75, 3.05) is 40.3 Å². The topological polar surface area (TPSA) is 111 Å². The number of aromatic amines is 1. The summed E-state index contributed by atoms with van der Waals surface area (Å²) in [6, 6.07) is 0. The van der Waals surface area contributed by atoms with E-state index in [0.717, 1.165) is 44.1 Å². The number of thiocarbonyl (C=S) groups is 2. The van der Waals surface area contributed by atoms with Crippen LogP contribution in [0.3, 0.4) is 0 Å². The lowest BCUT2D eigenvalue weighted by Gasteiger charge is -2.17. The number of aromatic nitrogens is 2. The molecule has 23 heavy (non-hydrogen) atoms. The van der Waals surface area contributed by atoms with Gasteiger partial charge in [-0.2, -0.15) is 0 Å². The second-order valence-electron chi connectivity index (χ2n) is 5.20. The summed E-state index contributed by atoms with van der Waals surface area (Å²) in [6.07, 6.45) is 1.70. The zero-order valence-electron chi connectivity index (χ0n) is 13.6. The Morgan fingerprint density at radius 2 is 1.61 bits per heavy atom. The van der Waals surface area contributed by atoms with Gasteiger partial charge < -0.3 is 36.9 Å². The van der Waals surface area contributed by atoms with E-state index in [2.05, 4.69) is 20.6 Å². The largest absolute Gasteiger partial charge is 0.376 e. The molecule has 0 aliphatic heterocycles. The summed E-state index contributed by atoms with van der Waals surface area (Å²) >= 11 is 9.79. The molecule has 0 aliphatic rings. The van der Waals surface area contributed by atoms with Crippen molar-refractivity contribution in [1.29, 1.82) is 0 Å². The van der Waals surface area contributed by atoms with Crippen LogP contribution in [-0.2, 0) is 13.1 Å². The standard InChI is InChI=1S/C13H26N8S2/c1-20(12(14)22)5-3-16-7-10-11(19-9-18-10)8-17-4-6-21(2)13(15)23/h9,16-17H,3-8H2,1-2H3,(H2,14,22)(H2,15,23)(H,18,19). The van der Waals surface area contributed by atoms with Gasteiger partial charge in [0, 0.05) is 53.4 Å². The van der Waals surface area contributed by atoms with E-state index < -0.39 is 0 Å². The first-order valence-corrected chi connectivity index (χ1v) is 8.17. The number of nitrogens with zero attached hydrogens (tertiary/aromatic N) is 3. The van der Waals surface area contributed by atoms with Crippen molar-refractivity contribution in [3.8, 4) is 0 Å². The average Bonchev–Trinajstić information content (AvgIpc) is 2.94. The molecule has 0 atom stereocenters. The van der Waals surface area contributed by atoms with E-state index in [-0.39, 0.29) is 0 Å². The molecule has 1 aromatic heterocycles.